The zero-order chi connectivity index (χ0) is 13.3. The average molecular weight is 266 g/mol. The van der Waals surface area contributed by atoms with E-state index in [1.54, 1.807) is 24.3 Å². The Morgan fingerprint density at radius 1 is 1.33 bits per heavy atom. The lowest BCUT2D eigenvalue weighted by atomic mass is 9.88. The van der Waals surface area contributed by atoms with Crippen molar-refractivity contribution < 1.29 is 9.21 Å². The molecule has 0 aliphatic carbocycles. The molecule has 2 aromatic rings. The summed E-state index contributed by atoms with van der Waals surface area (Å²) in [5.74, 6) is 0.151. The first-order valence-corrected chi connectivity index (χ1v) is 6.40. The van der Waals surface area contributed by atoms with Gasteiger partial charge < -0.3 is 10.2 Å². The summed E-state index contributed by atoms with van der Waals surface area (Å²) in [5, 5.41) is 1.44. The molecule has 3 nitrogen and oxygen atoms in total. The molecular weight excluding hydrogens is 250 g/mol. The minimum atomic E-state index is -0.850. The maximum absolute atomic E-state index is 12.3. The van der Waals surface area contributed by atoms with E-state index in [-0.39, 0.29) is 5.78 Å². The summed E-state index contributed by atoms with van der Waals surface area (Å²) in [6.45, 7) is 3.81. The standard InChI is InChI=1S/C14H16ClNO2/c1-3-14(16,4-2)13(17)12-8-9-7-10(15)5-6-11(9)18-12/h5-8H,3-4,16H2,1-2H3. The van der Waals surface area contributed by atoms with Crippen LogP contribution in [0, 0.1) is 0 Å². The zero-order valence-corrected chi connectivity index (χ0v) is 11.3. The second kappa shape index (κ2) is 4.75. The lowest BCUT2D eigenvalue weighted by Crippen LogP contribution is -2.46. The molecule has 96 valence electrons. The quantitative estimate of drug-likeness (QED) is 0.856. The van der Waals surface area contributed by atoms with Crippen LogP contribution in [0.2, 0.25) is 5.02 Å². The number of Topliss-reactive ketones (excluding diaryl/α,β-unsaturated/α-hetero) is 1. The Balaban J connectivity index is 2.45. The highest BCUT2D eigenvalue weighted by Gasteiger charge is 2.33. The van der Waals surface area contributed by atoms with Crippen LogP contribution in [0.5, 0.6) is 0 Å². The third-order valence-corrected chi connectivity index (χ3v) is 3.65. The van der Waals surface area contributed by atoms with Crippen molar-refractivity contribution in [1.82, 2.24) is 0 Å². The van der Waals surface area contributed by atoms with Crippen molar-refractivity contribution in [3.63, 3.8) is 0 Å². The fourth-order valence-electron chi connectivity index (χ4n) is 1.94. The molecule has 1 aromatic heterocycles. The monoisotopic (exact) mass is 265 g/mol. The van der Waals surface area contributed by atoms with Crippen LogP contribution < -0.4 is 5.73 Å². The van der Waals surface area contributed by atoms with Gasteiger partial charge in [0, 0.05) is 10.4 Å². The molecule has 0 saturated carbocycles. The predicted molar refractivity (Wildman–Crippen MR) is 73.1 cm³/mol. The van der Waals surface area contributed by atoms with Gasteiger partial charge in [-0.25, -0.2) is 0 Å². The molecule has 1 heterocycles. The Morgan fingerprint density at radius 2 is 2.00 bits per heavy atom. The number of halogens is 1. The Morgan fingerprint density at radius 3 is 2.61 bits per heavy atom. The number of fused-ring (bicyclic) bond motifs is 1. The molecule has 2 rings (SSSR count). The van der Waals surface area contributed by atoms with Crippen molar-refractivity contribution in [1.29, 1.82) is 0 Å². The SMILES string of the molecule is CCC(N)(CC)C(=O)c1cc2cc(Cl)ccc2o1. The highest BCUT2D eigenvalue weighted by molar-refractivity contribution is 6.31. The molecule has 18 heavy (non-hydrogen) atoms. The molecule has 0 saturated heterocycles. The molecule has 4 heteroatoms. The summed E-state index contributed by atoms with van der Waals surface area (Å²) in [7, 11) is 0. The van der Waals surface area contributed by atoms with Crippen LogP contribution in [0.1, 0.15) is 37.2 Å². The first-order valence-electron chi connectivity index (χ1n) is 6.03. The van der Waals surface area contributed by atoms with E-state index >= 15 is 0 Å². The van der Waals surface area contributed by atoms with Gasteiger partial charge in [-0.2, -0.15) is 0 Å². The van der Waals surface area contributed by atoms with Crippen molar-refractivity contribution >= 4 is 28.4 Å². The fraction of sp³-hybridized carbons (Fsp3) is 0.357. The molecular formula is C14H16ClNO2. The van der Waals surface area contributed by atoms with E-state index in [4.69, 9.17) is 21.8 Å². The van der Waals surface area contributed by atoms with E-state index in [1.165, 1.54) is 0 Å². The summed E-state index contributed by atoms with van der Waals surface area (Å²) >= 11 is 5.90. The zero-order valence-electron chi connectivity index (χ0n) is 10.5. The van der Waals surface area contributed by atoms with Crippen LogP contribution in [0.3, 0.4) is 0 Å². The number of hydrogen-bond donors (Lipinski definition) is 1. The van der Waals surface area contributed by atoms with Gasteiger partial charge >= 0.3 is 0 Å². The Bertz CT molecular complexity index is 584. The third kappa shape index (κ3) is 2.16. The number of benzene rings is 1. The lowest BCUT2D eigenvalue weighted by molar-refractivity contribution is 0.0852. The van der Waals surface area contributed by atoms with E-state index in [0.29, 0.717) is 29.2 Å². The van der Waals surface area contributed by atoms with Crippen molar-refractivity contribution in [2.45, 2.75) is 32.2 Å². The topological polar surface area (TPSA) is 56.2 Å². The van der Waals surface area contributed by atoms with Gasteiger partial charge in [-0.1, -0.05) is 25.4 Å². The van der Waals surface area contributed by atoms with Crippen LogP contribution >= 0.6 is 11.6 Å². The van der Waals surface area contributed by atoms with Gasteiger partial charge in [0.25, 0.3) is 0 Å². The highest BCUT2D eigenvalue weighted by Crippen LogP contribution is 2.26. The van der Waals surface area contributed by atoms with Gasteiger partial charge in [-0.15, -0.1) is 0 Å². The summed E-state index contributed by atoms with van der Waals surface area (Å²) in [4.78, 5) is 12.3. The van der Waals surface area contributed by atoms with Gasteiger partial charge in [0.2, 0.25) is 5.78 Å². The molecule has 2 N–H and O–H groups in total. The summed E-state index contributed by atoms with van der Waals surface area (Å²) in [6.07, 6.45) is 1.17. The molecule has 0 aliphatic heterocycles. The number of carbonyl (C=O) groups excluding carboxylic acids is 1. The van der Waals surface area contributed by atoms with Crippen LogP contribution in [0.4, 0.5) is 0 Å². The van der Waals surface area contributed by atoms with E-state index < -0.39 is 5.54 Å². The molecule has 0 atom stereocenters. The molecule has 0 bridgehead atoms. The molecule has 0 spiro atoms. The molecule has 1 aromatic carbocycles. The van der Waals surface area contributed by atoms with E-state index in [2.05, 4.69) is 0 Å². The summed E-state index contributed by atoms with van der Waals surface area (Å²) in [5.41, 5.74) is 5.89. The normalized spacial score (nSPS) is 12.0. The van der Waals surface area contributed by atoms with Gasteiger partial charge in [-0.3, -0.25) is 4.79 Å². The molecule has 0 radical (unpaired) electrons. The minimum absolute atomic E-state index is 0.153. The number of ketones is 1. The highest BCUT2D eigenvalue weighted by atomic mass is 35.5. The maximum atomic E-state index is 12.3. The Hall–Kier alpha value is -1.32. The number of rotatable bonds is 4. The Kier molecular flexibility index (Phi) is 3.46. The second-order valence-corrected chi connectivity index (χ2v) is 4.92. The molecule has 0 fully saturated rings. The van der Waals surface area contributed by atoms with Crippen LogP contribution in [-0.4, -0.2) is 11.3 Å². The van der Waals surface area contributed by atoms with Gasteiger partial charge in [0.05, 0.1) is 5.54 Å². The van der Waals surface area contributed by atoms with Crippen LogP contribution in [-0.2, 0) is 0 Å². The summed E-state index contributed by atoms with van der Waals surface area (Å²) < 4.78 is 5.55. The number of carbonyl (C=O) groups is 1. The molecule has 0 unspecified atom stereocenters. The van der Waals surface area contributed by atoms with E-state index in [1.807, 2.05) is 13.8 Å². The smallest absolute Gasteiger partial charge is 0.217 e. The van der Waals surface area contributed by atoms with Crippen molar-refractivity contribution in [2.24, 2.45) is 5.73 Å². The largest absolute Gasteiger partial charge is 0.453 e. The van der Waals surface area contributed by atoms with Gasteiger partial charge in [0.15, 0.2) is 5.76 Å². The van der Waals surface area contributed by atoms with Crippen molar-refractivity contribution in [3.05, 3.63) is 35.0 Å². The van der Waals surface area contributed by atoms with E-state index in [0.717, 1.165) is 5.39 Å². The minimum Gasteiger partial charge on any atom is -0.453 e. The number of hydrogen-bond acceptors (Lipinski definition) is 3. The van der Waals surface area contributed by atoms with Crippen LogP contribution in [0.15, 0.2) is 28.7 Å². The third-order valence-electron chi connectivity index (χ3n) is 3.42. The number of nitrogens with two attached hydrogens (primary N) is 1. The molecule has 0 amide bonds. The first kappa shape index (κ1) is 13.1. The van der Waals surface area contributed by atoms with Gasteiger partial charge in [-0.05, 0) is 37.1 Å². The lowest BCUT2D eigenvalue weighted by Gasteiger charge is -2.23. The summed E-state index contributed by atoms with van der Waals surface area (Å²) in [6, 6.07) is 6.96. The maximum Gasteiger partial charge on any atom is 0.217 e. The van der Waals surface area contributed by atoms with Crippen molar-refractivity contribution in [3.8, 4) is 0 Å². The predicted octanol–water partition coefficient (Wildman–Crippen LogP) is 3.79. The molecule has 0 aliphatic rings. The van der Waals surface area contributed by atoms with E-state index in [9.17, 15) is 4.79 Å². The van der Waals surface area contributed by atoms with Crippen molar-refractivity contribution in [2.75, 3.05) is 0 Å². The van der Waals surface area contributed by atoms with Gasteiger partial charge in [0.1, 0.15) is 5.58 Å². The van der Waals surface area contributed by atoms with Crippen LogP contribution in [0.25, 0.3) is 11.0 Å². The first-order chi connectivity index (χ1) is 8.50. The Labute approximate surface area is 111 Å². The average Bonchev–Trinajstić information content (AvgIpc) is 2.79. The number of furan rings is 1. The second-order valence-electron chi connectivity index (χ2n) is 4.49. The fourth-order valence-corrected chi connectivity index (χ4v) is 2.12.